The molecule has 0 bridgehead atoms. The molecule has 3 aromatic rings. The van der Waals surface area contributed by atoms with Crippen LogP contribution >= 0.6 is 0 Å². The van der Waals surface area contributed by atoms with Gasteiger partial charge in [0.25, 0.3) is 0 Å². The van der Waals surface area contributed by atoms with Crippen molar-refractivity contribution in [3.05, 3.63) is 66.7 Å². The highest BCUT2D eigenvalue weighted by Crippen LogP contribution is 2.22. The zero-order chi connectivity index (χ0) is 13.9. The van der Waals surface area contributed by atoms with Crippen LogP contribution < -0.4 is 0 Å². The molecule has 0 fully saturated rings. The van der Waals surface area contributed by atoms with E-state index in [4.69, 9.17) is 0 Å². The molecule has 0 aliphatic carbocycles. The van der Waals surface area contributed by atoms with Crippen molar-refractivity contribution in [1.82, 2.24) is 14.5 Å². The molecule has 3 rings (SSSR count). The molecule has 0 amide bonds. The van der Waals surface area contributed by atoms with Crippen LogP contribution in [0, 0.1) is 0 Å². The third kappa shape index (κ3) is 2.33. The second kappa shape index (κ2) is 5.27. The fourth-order valence-corrected chi connectivity index (χ4v) is 2.15. The lowest BCUT2D eigenvalue weighted by atomic mass is 10.1. The highest BCUT2D eigenvalue weighted by molar-refractivity contribution is 5.57. The van der Waals surface area contributed by atoms with E-state index in [1.807, 2.05) is 47.2 Å². The fourth-order valence-electron chi connectivity index (χ4n) is 2.15. The smallest absolute Gasteiger partial charge is 0.146 e. The van der Waals surface area contributed by atoms with E-state index < -0.39 is 6.10 Å². The van der Waals surface area contributed by atoms with Crippen LogP contribution in [0.3, 0.4) is 0 Å². The third-order valence-electron chi connectivity index (χ3n) is 3.19. The standard InChI is InChI=1S/C16H15N3O/c1-12(20)13-4-2-6-15(10-13)19-9-8-18-16(19)14-5-3-7-17-11-14/h2-12,20H,1H3/t12-/m1/s1. The van der Waals surface area contributed by atoms with E-state index in [-0.39, 0.29) is 0 Å². The Bertz CT molecular complexity index is 705. The van der Waals surface area contributed by atoms with Gasteiger partial charge in [0.2, 0.25) is 0 Å². The quantitative estimate of drug-likeness (QED) is 0.792. The van der Waals surface area contributed by atoms with E-state index in [1.54, 1.807) is 25.5 Å². The van der Waals surface area contributed by atoms with Gasteiger partial charge in [-0.2, -0.15) is 0 Å². The molecule has 0 aliphatic heterocycles. The molecule has 0 aliphatic rings. The predicted octanol–water partition coefficient (Wildman–Crippen LogP) is 2.99. The lowest BCUT2D eigenvalue weighted by molar-refractivity contribution is 0.199. The van der Waals surface area contributed by atoms with Crippen molar-refractivity contribution < 1.29 is 5.11 Å². The van der Waals surface area contributed by atoms with Gasteiger partial charge in [-0.25, -0.2) is 4.98 Å². The summed E-state index contributed by atoms with van der Waals surface area (Å²) in [6.45, 7) is 1.76. The Balaban J connectivity index is 2.08. The molecule has 0 saturated heterocycles. The van der Waals surface area contributed by atoms with Crippen LogP contribution in [-0.2, 0) is 0 Å². The minimum absolute atomic E-state index is 0.486. The van der Waals surface area contributed by atoms with Crippen LogP contribution in [0.1, 0.15) is 18.6 Å². The van der Waals surface area contributed by atoms with Crippen LogP contribution in [0.5, 0.6) is 0 Å². The predicted molar refractivity (Wildman–Crippen MR) is 77.4 cm³/mol. The van der Waals surface area contributed by atoms with E-state index >= 15 is 0 Å². The van der Waals surface area contributed by atoms with Gasteiger partial charge >= 0.3 is 0 Å². The lowest BCUT2D eigenvalue weighted by Crippen LogP contribution is -1.99. The van der Waals surface area contributed by atoms with Crippen LogP contribution in [0.4, 0.5) is 0 Å². The van der Waals surface area contributed by atoms with Crippen molar-refractivity contribution in [1.29, 1.82) is 0 Å². The second-order valence-electron chi connectivity index (χ2n) is 4.63. The Morgan fingerprint density at radius 2 is 2.05 bits per heavy atom. The minimum atomic E-state index is -0.486. The maximum absolute atomic E-state index is 9.70. The number of benzene rings is 1. The molecule has 0 radical (unpaired) electrons. The number of imidazole rings is 1. The minimum Gasteiger partial charge on any atom is -0.389 e. The molecule has 1 N–H and O–H groups in total. The van der Waals surface area contributed by atoms with E-state index in [2.05, 4.69) is 9.97 Å². The summed E-state index contributed by atoms with van der Waals surface area (Å²) < 4.78 is 1.99. The number of hydrogen-bond donors (Lipinski definition) is 1. The number of nitrogens with zero attached hydrogens (tertiary/aromatic N) is 3. The first kappa shape index (κ1) is 12.6. The Kier molecular flexibility index (Phi) is 3.31. The van der Waals surface area contributed by atoms with Gasteiger partial charge in [-0.05, 0) is 36.8 Å². The Morgan fingerprint density at radius 3 is 2.80 bits per heavy atom. The van der Waals surface area contributed by atoms with Gasteiger partial charge in [0, 0.05) is 36.0 Å². The molecular weight excluding hydrogens is 250 g/mol. The van der Waals surface area contributed by atoms with Gasteiger partial charge in [0.1, 0.15) is 5.82 Å². The second-order valence-corrected chi connectivity index (χ2v) is 4.63. The van der Waals surface area contributed by atoms with Crippen LogP contribution in [0.2, 0.25) is 0 Å². The van der Waals surface area contributed by atoms with Crippen molar-refractivity contribution in [2.45, 2.75) is 13.0 Å². The highest BCUT2D eigenvalue weighted by atomic mass is 16.3. The zero-order valence-electron chi connectivity index (χ0n) is 11.1. The Morgan fingerprint density at radius 1 is 1.15 bits per heavy atom. The summed E-state index contributed by atoms with van der Waals surface area (Å²) >= 11 is 0. The largest absolute Gasteiger partial charge is 0.389 e. The number of aromatic nitrogens is 3. The maximum Gasteiger partial charge on any atom is 0.146 e. The van der Waals surface area contributed by atoms with Crippen LogP contribution in [0.25, 0.3) is 17.1 Å². The molecule has 2 aromatic heterocycles. The van der Waals surface area contributed by atoms with Gasteiger partial charge in [-0.1, -0.05) is 12.1 Å². The summed E-state index contributed by atoms with van der Waals surface area (Å²) in [5.41, 5.74) is 2.81. The van der Waals surface area contributed by atoms with Crippen molar-refractivity contribution in [2.75, 3.05) is 0 Å². The molecule has 4 heteroatoms. The summed E-state index contributed by atoms with van der Waals surface area (Å²) in [7, 11) is 0. The van der Waals surface area contributed by atoms with E-state index in [0.29, 0.717) is 0 Å². The summed E-state index contributed by atoms with van der Waals surface area (Å²) in [5.74, 6) is 0.834. The van der Waals surface area contributed by atoms with Crippen molar-refractivity contribution in [3.8, 4) is 17.1 Å². The van der Waals surface area contributed by atoms with Gasteiger partial charge in [0.15, 0.2) is 0 Å². The summed E-state index contributed by atoms with van der Waals surface area (Å²) in [6, 6.07) is 11.7. The van der Waals surface area contributed by atoms with Crippen molar-refractivity contribution in [2.24, 2.45) is 0 Å². The molecule has 4 nitrogen and oxygen atoms in total. The molecule has 0 saturated carbocycles. The monoisotopic (exact) mass is 265 g/mol. The average molecular weight is 265 g/mol. The summed E-state index contributed by atoms with van der Waals surface area (Å²) in [6.07, 6.45) is 6.71. The normalized spacial score (nSPS) is 12.3. The first-order chi connectivity index (χ1) is 9.75. The van der Waals surface area contributed by atoms with Gasteiger partial charge < -0.3 is 5.11 Å². The molecule has 100 valence electrons. The van der Waals surface area contributed by atoms with Crippen LogP contribution in [-0.4, -0.2) is 19.6 Å². The van der Waals surface area contributed by atoms with E-state index in [9.17, 15) is 5.11 Å². The zero-order valence-corrected chi connectivity index (χ0v) is 11.1. The van der Waals surface area contributed by atoms with Crippen molar-refractivity contribution >= 4 is 0 Å². The number of aliphatic hydroxyl groups is 1. The molecule has 20 heavy (non-hydrogen) atoms. The highest BCUT2D eigenvalue weighted by Gasteiger charge is 2.09. The number of aliphatic hydroxyl groups excluding tert-OH is 1. The summed E-state index contributed by atoms with van der Waals surface area (Å²) in [4.78, 5) is 8.53. The maximum atomic E-state index is 9.70. The molecule has 2 heterocycles. The van der Waals surface area contributed by atoms with E-state index in [1.165, 1.54) is 0 Å². The van der Waals surface area contributed by atoms with Crippen molar-refractivity contribution in [3.63, 3.8) is 0 Å². The topological polar surface area (TPSA) is 50.9 Å². The molecule has 1 aromatic carbocycles. The fraction of sp³-hybridized carbons (Fsp3) is 0.125. The third-order valence-corrected chi connectivity index (χ3v) is 3.19. The van der Waals surface area contributed by atoms with Gasteiger partial charge in [-0.15, -0.1) is 0 Å². The molecular formula is C16H15N3O. The first-order valence-corrected chi connectivity index (χ1v) is 6.48. The number of hydrogen-bond acceptors (Lipinski definition) is 3. The first-order valence-electron chi connectivity index (χ1n) is 6.48. The Hall–Kier alpha value is -2.46. The number of rotatable bonds is 3. The average Bonchev–Trinajstić information content (AvgIpc) is 2.98. The number of pyridine rings is 1. The van der Waals surface area contributed by atoms with Gasteiger partial charge in [-0.3, -0.25) is 9.55 Å². The molecule has 0 spiro atoms. The molecule has 0 unspecified atom stereocenters. The van der Waals surface area contributed by atoms with E-state index in [0.717, 1.165) is 22.6 Å². The lowest BCUT2D eigenvalue weighted by Gasteiger charge is -2.11. The summed E-state index contributed by atoms with van der Waals surface area (Å²) in [5, 5.41) is 9.70. The molecule has 1 atom stereocenters. The SMILES string of the molecule is C[C@@H](O)c1cccc(-n2ccnc2-c2cccnc2)c1. The van der Waals surface area contributed by atoms with Gasteiger partial charge in [0.05, 0.1) is 6.10 Å². The Labute approximate surface area is 117 Å². The van der Waals surface area contributed by atoms with Crippen LogP contribution in [0.15, 0.2) is 61.2 Å².